The molecule has 35 heavy (non-hydrogen) atoms. The zero-order valence-corrected chi connectivity index (χ0v) is 20.2. The summed E-state index contributed by atoms with van der Waals surface area (Å²) in [6.45, 7) is 4.17. The first-order valence-electron chi connectivity index (χ1n) is 10.7. The molecule has 0 saturated heterocycles. The number of nitro groups is 1. The van der Waals surface area contributed by atoms with E-state index in [4.69, 9.17) is 14.2 Å². The van der Waals surface area contributed by atoms with Crippen LogP contribution in [0.3, 0.4) is 0 Å². The van der Waals surface area contributed by atoms with Crippen molar-refractivity contribution < 1.29 is 28.7 Å². The fraction of sp³-hybridized carbons (Fsp3) is 0.200. The highest BCUT2D eigenvalue weighted by Crippen LogP contribution is 2.37. The molecule has 10 heteroatoms. The number of amides is 1. The van der Waals surface area contributed by atoms with Crippen molar-refractivity contribution in [1.82, 2.24) is 0 Å². The lowest BCUT2D eigenvalue weighted by Gasteiger charge is -2.09. The molecule has 3 aromatic rings. The van der Waals surface area contributed by atoms with Gasteiger partial charge in [0.15, 0.2) is 11.5 Å². The highest BCUT2D eigenvalue weighted by atomic mass is 32.1. The van der Waals surface area contributed by atoms with Gasteiger partial charge >= 0.3 is 5.97 Å². The third-order valence-electron chi connectivity index (χ3n) is 4.79. The van der Waals surface area contributed by atoms with Gasteiger partial charge in [0.05, 0.1) is 25.2 Å². The maximum atomic E-state index is 12.7. The van der Waals surface area contributed by atoms with Gasteiger partial charge in [0.2, 0.25) is 5.91 Å². The van der Waals surface area contributed by atoms with Crippen LogP contribution in [0.5, 0.6) is 11.5 Å². The molecule has 182 valence electrons. The number of hydrogen-bond acceptors (Lipinski definition) is 8. The number of nitrogens with zero attached hydrogens (tertiary/aromatic N) is 1. The number of anilines is 1. The lowest BCUT2D eigenvalue weighted by molar-refractivity contribution is -0.384. The Morgan fingerprint density at radius 2 is 1.91 bits per heavy atom. The van der Waals surface area contributed by atoms with Crippen LogP contribution in [0.2, 0.25) is 0 Å². The Balaban J connectivity index is 1.87. The maximum absolute atomic E-state index is 12.7. The molecule has 0 radical (unpaired) electrons. The topological polar surface area (TPSA) is 117 Å². The number of carbonyl (C=O) groups is 2. The molecule has 1 aromatic heterocycles. The molecule has 0 bridgehead atoms. The SMILES string of the molecule is CCOC(=O)c1c(-c2cccc([N+](=O)[O-])c2)csc1NC(=O)/C=C/c1ccc(OCC)c(OC)c1. The van der Waals surface area contributed by atoms with Crippen molar-refractivity contribution in [3.63, 3.8) is 0 Å². The number of benzene rings is 2. The molecule has 0 spiro atoms. The summed E-state index contributed by atoms with van der Waals surface area (Å²) in [6.07, 6.45) is 2.93. The molecule has 0 unspecified atom stereocenters. The van der Waals surface area contributed by atoms with Gasteiger partial charge in [-0.2, -0.15) is 0 Å². The Kier molecular flexibility index (Phi) is 8.58. The predicted molar refractivity (Wildman–Crippen MR) is 134 cm³/mol. The van der Waals surface area contributed by atoms with Crippen molar-refractivity contribution in [2.75, 3.05) is 25.6 Å². The molecule has 3 rings (SSSR count). The first-order valence-corrected chi connectivity index (χ1v) is 11.6. The van der Waals surface area contributed by atoms with E-state index in [2.05, 4.69) is 5.32 Å². The van der Waals surface area contributed by atoms with Gasteiger partial charge < -0.3 is 19.5 Å². The quantitative estimate of drug-likeness (QED) is 0.169. The molecular formula is C25H24N2O7S. The standard InChI is InChI=1S/C25H24N2O7S/c1-4-33-20-11-9-16(13-21(20)32-3)10-12-22(28)26-24-23(25(29)34-5-2)19(15-35-24)17-7-6-8-18(14-17)27(30)31/h6-15H,4-5H2,1-3H3,(H,26,28)/b12-10+. The van der Waals surface area contributed by atoms with Gasteiger partial charge in [0.1, 0.15) is 10.6 Å². The Morgan fingerprint density at radius 3 is 2.60 bits per heavy atom. The molecule has 9 nitrogen and oxygen atoms in total. The molecule has 0 aliphatic rings. The number of hydrogen-bond donors (Lipinski definition) is 1. The third-order valence-corrected chi connectivity index (χ3v) is 5.69. The van der Waals surface area contributed by atoms with Crippen LogP contribution in [0.25, 0.3) is 17.2 Å². The second-order valence-electron chi connectivity index (χ2n) is 7.05. The number of methoxy groups -OCH3 is 1. The minimum absolute atomic E-state index is 0.109. The van der Waals surface area contributed by atoms with E-state index in [1.54, 1.807) is 42.6 Å². The Bertz CT molecular complexity index is 1270. The first-order chi connectivity index (χ1) is 16.9. The Morgan fingerprint density at radius 1 is 1.11 bits per heavy atom. The first kappa shape index (κ1) is 25.4. The summed E-state index contributed by atoms with van der Waals surface area (Å²) in [5, 5.41) is 15.8. The van der Waals surface area contributed by atoms with Crippen molar-refractivity contribution in [3.05, 3.63) is 75.2 Å². The van der Waals surface area contributed by atoms with Crippen LogP contribution in [-0.2, 0) is 9.53 Å². The summed E-state index contributed by atoms with van der Waals surface area (Å²) in [7, 11) is 1.53. The van der Waals surface area contributed by atoms with E-state index in [0.717, 1.165) is 16.9 Å². The van der Waals surface area contributed by atoms with Crippen LogP contribution in [0, 0.1) is 10.1 Å². The van der Waals surface area contributed by atoms with Gasteiger partial charge in [-0.15, -0.1) is 11.3 Å². The molecule has 0 saturated carbocycles. The average molecular weight is 497 g/mol. The number of nitrogens with one attached hydrogen (secondary N) is 1. The van der Waals surface area contributed by atoms with Crippen LogP contribution in [0.4, 0.5) is 10.7 Å². The molecule has 0 atom stereocenters. The molecule has 2 aromatic carbocycles. The van der Waals surface area contributed by atoms with Crippen LogP contribution in [-0.4, -0.2) is 37.1 Å². The van der Waals surface area contributed by atoms with Crippen LogP contribution in [0.1, 0.15) is 29.8 Å². The van der Waals surface area contributed by atoms with E-state index in [1.165, 1.54) is 31.4 Å². The molecule has 0 aliphatic heterocycles. The molecule has 1 amide bonds. The minimum Gasteiger partial charge on any atom is -0.493 e. The lowest BCUT2D eigenvalue weighted by Crippen LogP contribution is -2.12. The van der Waals surface area contributed by atoms with Crippen molar-refractivity contribution in [3.8, 4) is 22.6 Å². The van der Waals surface area contributed by atoms with Crippen LogP contribution in [0.15, 0.2) is 53.9 Å². The van der Waals surface area contributed by atoms with Crippen molar-refractivity contribution >= 4 is 40.0 Å². The highest BCUT2D eigenvalue weighted by Gasteiger charge is 2.23. The Labute approximate surface area is 206 Å². The smallest absolute Gasteiger partial charge is 0.341 e. The van der Waals surface area contributed by atoms with E-state index >= 15 is 0 Å². The number of nitro benzene ring substituents is 1. The number of rotatable bonds is 10. The zero-order chi connectivity index (χ0) is 25.4. The van der Waals surface area contributed by atoms with E-state index in [9.17, 15) is 19.7 Å². The van der Waals surface area contributed by atoms with Gasteiger partial charge in [0, 0.05) is 29.2 Å². The number of thiophene rings is 1. The van der Waals surface area contributed by atoms with Crippen molar-refractivity contribution in [2.45, 2.75) is 13.8 Å². The van der Waals surface area contributed by atoms with Gasteiger partial charge in [-0.1, -0.05) is 18.2 Å². The number of ether oxygens (including phenoxy) is 3. The summed E-state index contributed by atoms with van der Waals surface area (Å²) >= 11 is 1.13. The third kappa shape index (κ3) is 6.24. The normalized spacial score (nSPS) is 10.7. The number of esters is 1. The van der Waals surface area contributed by atoms with E-state index in [0.29, 0.717) is 29.2 Å². The summed E-state index contributed by atoms with van der Waals surface area (Å²) in [5.41, 5.74) is 1.66. The van der Waals surface area contributed by atoms with Crippen molar-refractivity contribution in [1.29, 1.82) is 0 Å². The Hall–Kier alpha value is -4.18. The van der Waals surface area contributed by atoms with Crippen LogP contribution >= 0.6 is 11.3 Å². The second-order valence-corrected chi connectivity index (χ2v) is 7.93. The molecule has 1 heterocycles. The van der Waals surface area contributed by atoms with Crippen LogP contribution < -0.4 is 14.8 Å². The zero-order valence-electron chi connectivity index (χ0n) is 19.4. The molecular weight excluding hydrogens is 472 g/mol. The lowest BCUT2D eigenvalue weighted by atomic mass is 10.0. The summed E-state index contributed by atoms with van der Waals surface area (Å²) < 4.78 is 16.0. The average Bonchev–Trinajstić information content (AvgIpc) is 3.27. The molecule has 0 aliphatic carbocycles. The number of carbonyl (C=O) groups excluding carboxylic acids is 2. The summed E-state index contributed by atoms with van der Waals surface area (Å²) in [4.78, 5) is 36.0. The fourth-order valence-corrected chi connectivity index (χ4v) is 4.20. The fourth-order valence-electron chi connectivity index (χ4n) is 3.24. The summed E-state index contributed by atoms with van der Waals surface area (Å²) in [6, 6.07) is 11.2. The van der Waals surface area contributed by atoms with E-state index in [-0.39, 0.29) is 22.9 Å². The molecule has 0 fully saturated rings. The van der Waals surface area contributed by atoms with E-state index < -0.39 is 16.8 Å². The monoisotopic (exact) mass is 496 g/mol. The predicted octanol–water partition coefficient (Wildman–Crippen LogP) is 5.56. The second kappa shape index (κ2) is 11.8. The molecule has 1 N–H and O–H groups in total. The van der Waals surface area contributed by atoms with Gasteiger partial charge in [-0.3, -0.25) is 14.9 Å². The minimum atomic E-state index is -0.634. The van der Waals surface area contributed by atoms with Gasteiger partial charge in [-0.25, -0.2) is 4.79 Å². The van der Waals surface area contributed by atoms with Crippen molar-refractivity contribution in [2.24, 2.45) is 0 Å². The van der Waals surface area contributed by atoms with E-state index in [1.807, 2.05) is 6.92 Å². The summed E-state index contributed by atoms with van der Waals surface area (Å²) in [5.74, 6) is 0.0448. The number of non-ortho nitro benzene ring substituents is 1. The maximum Gasteiger partial charge on any atom is 0.341 e. The van der Waals surface area contributed by atoms with Gasteiger partial charge in [-0.05, 0) is 43.2 Å². The van der Waals surface area contributed by atoms with Gasteiger partial charge in [0.25, 0.3) is 5.69 Å². The highest BCUT2D eigenvalue weighted by molar-refractivity contribution is 7.15. The largest absolute Gasteiger partial charge is 0.493 e.